The van der Waals surface area contributed by atoms with E-state index in [2.05, 4.69) is 39.6 Å². The predicted octanol–water partition coefficient (Wildman–Crippen LogP) is 3.06. The molecule has 0 spiro atoms. The topological polar surface area (TPSA) is 24.1 Å². The summed E-state index contributed by atoms with van der Waals surface area (Å²) in [6.07, 6.45) is 0. The Morgan fingerprint density at radius 1 is 1.50 bits per heavy atom. The molecule has 0 aliphatic heterocycles. The molecule has 0 atom stereocenters. The summed E-state index contributed by atoms with van der Waals surface area (Å²) in [7, 11) is 0. The molecule has 1 aromatic rings. The Labute approximate surface area is 98.2 Å². The van der Waals surface area contributed by atoms with E-state index >= 15 is 0 Å². The monoisotopic (exact) mass is 272 g/mol. The zero-order chi connectivity index (χ0) is 10.6. The van der Waals surface area contributed by atoms with Crippen molar-refractivity contribution >= 4 is 38.9 Å². The number of thiocarbonyl (C=S) groups is 1. The van der Waals surface area contributed by atoms with E-state index in [-0.39, 0.29) is 0 Å². The standard InChI is InChI=1S/C10H13BrN2S/c1-3-12-10(14)13-9-5-4-7(2)6-8(9)11/h4-6H,3H2,1-2H3,(H2,12,13,14). The van der Waals surface area contributed by atoms with Crippen molar-refractivity contribution in [2.24, 2.45) is 0 Å². The van der Waals surface area contributed by atoms with Crippen LogP contribution in [0.4, 0.5) is 5.69 Å². The number of aryl methyl sites for hydroxylation is 1. The van der Waals surface area contributed by atoms with Gasteiger partial charge in [0.2, 0.25) is 0 Å². The van der Waals surface area contributed by atoms with Crippen molar-refractivity contribution in [3.05, 3.63) is 28.2 Å². The summed E-state index contributed by atoms with van der Waals surface area (Å²) >= 11 is 8.56. The van der Waals surface area contributed by atoms with Crippen LogP contribution in [0.25, 0.3) is 0 Å². The van der Waals surface area contributed by atoms with Gasteiger partial charge in [0.25, 0.3) is 0 Å². The molecule has 0 saturated carbocycles. The summed E-state index contributed by atoms with van der Waals surface area (Å²) in [4.78, 5) is 0. The molecule has 4 heteroatoms. The summed E-state index contributed by atoms with van der Waals surface area (Å²) < 4.78 is 1.03. The molecule has 0 radical (unpaired) electrons. The maximum atomic E-state index is 5.08. The van der Waals surface area contributed by atoms with Crippen LogP contribution in [-0.4, -0.2) is 11.7 Å². The fourth-order valence-electron chi connectivity index (χ4n) is 1.05. The molecule has 0 fully saturated rings. The van der Waals surface area contributed by atoms with E-state index in [0.717, 1.165) is 16.7 Å². The maximum absolute atomic E-state index is 5.08. The van der Waals surface area contributed by atoms with Gasteiger partial charge in [-0.3, -0.25) is 0 Å². The lowest BCUT2D eigenvalue weighted by atomic mass is 10.2. The SMILES string of the molecule is CCNC(=S)Nc1ccc(C)cc1Br. The third-order valence-corrected chi connectivity index (χ3v) is 2.61. The van der Waals surface area contributed by atoms with Crippen molar-refractivity contribution in [2.45, 2.75) is 13.8 Å². The van der Waals surface area contributed by atoms with Gasteiger partial charge in [-0.25, -0.2) is 0 Å². The van der Waals surface area contributed by atoms with Crippen LogP contribution < -0.4 is 10.6 Å². The molecule has 1 rings (SSSR count). The first-order chi connectivity index (χ1) is 6.63. The number of benzene rings is 1. The highest BCUT2D eigenvalue weighted by Crippen LogP contribution is 2.23. The van der Waals surface area contributed by atoms with E-state index in [1.807, 2.05) is 19.1 Å². The van der Waals surface area contributed by atoms with E-state index in [9.17, 15) is 0 Å². The normalized spacial score (nSPS) is 9.64. The van der Waals surface area contributed by atoms with E-state index in [1.54, 1.807) is 0 Å². The van der Waals surface area contributed by atoms with Gasteiger partial charge in [0, 0.05) is 11.0 Å². The lowest BCUT2D eigenvalue weighted by Crippen LogP contribution is -2.28. The van der Waals surface area contributed by atoms with Gasteiger partial charge in [0.1, 0.15) is 0 Å². The van der Waals surface area contributed by atoms with Crippen LogP contribution in [0, 0.1) is 6.92 Å². The van der Waals surface area contributed by atoms with Crippen molar-refractivity contribution in [2.75, 3.05) is 11.9 Å². The zero-order valence-corrected chi connectivity index (χ0v) is 10.6. The van der Waals surface area contributed by atoms with Crippen LogP contribution in [0.2, 0.25) is 0 Å². The summed E-state index contributed by atoms with van der Waals surface area (Å²) in [6.45, 7) is 4.89. The molecular formula is C10H13BrN2S. The quantitative estimate of drug-likeness (QED) is 0.810. The number of nitrogens with one attached hydrogen (secondary N) is 2. The van der Waals surface area contributed by atoms with Gasteiger partial charge < -0.3 is 10.6 Å². The predicted molar refractivity (Wildman–Crippen MR) is 68.8 cm³/mol. The van der Waals surface area contributed by atoms with Crippen LogP contribution in [0.15, 0.2) is 22.7 Å². The Balaban J connectivity index is 2.72. The Bertz CT molecular complexity index is 339. The highest BCUT2D eigenvalue weighted by Gasteiger charge is 2.00. The molecule has 0 amide bonds. The minimum Gasteiger partial charge on any atom is -0.363 e. The van der Waals surface area contributed by atoms with Crippen molar-refractivity contribution in [3.63, 3.8) is 0 Å². The van der Waals surface area contributed by atoms with E-state index in [0.29, 0.717) is 5.11 Å². The smallest absolute Gasteiger partial charge is 0.170 e. The van der Waals surface area contributed by atoms with Gasteiger partial charge >= 0.3 is 0 Å². The van der Waals surface area contributed by atoms with Gasteiger partial charge in [-0.05, 0) is 59.7 Å². The summed E-state index contributed by atoms with van der Waals surface area (Å²) in [5, 5.41) is 6.80. The fourth-order valence-corrected chi connectivity index (χ4v) is 1.90. The van der Waals surface area contributed by atoms with Gasteiger partial charge in [-0.15, -0.1) is 0 Å². The van der Waals surface area contributed by atoms with E-state index < -0.39 is 0 Å². The lowest BCUT2D eigenvalue weighted by Gasteiger charge is -2.10. The first kappa shape index (κ1) is 11.5. The van der Waals surface area contributed by atoms with Crippen LogP contribution in [0.1, 0.15) is 12.5 Å². The number of rotatable bonds is 2. The minimum absolute atomic E-state index is 0.650. The van der Waals surface area contributed by atoms with Crippen molar-refractivity contribution in [3.8, 4) is 0 Å². The highest BCUT2D eigenvalue weighted by molar-refractivity contribution is 9.10. The van der Waals surface area contributed by atoms with Gasteiger partial charge in [0.05, 0.1) is 5.69 Å². The number of hydrogen-bond acceptors (Lipinski definition) is 1. The first-order valence-corrected chi connectivity index (χ1v) is 5.64. The minimum atomic E-state index is 0.650. The fraction of sp³-hybridized carbons (Fsp3) is 0.300. The molecule has 0 saturated heterocycles. The average Bonchev–Trinajstić information content (AvgIpc) is 2.10. The van der Waals surface area contributed by atoms with E-state index in [4.69, 9.17) is 12.2 Å². The van der Waals surface area contributed by atoms with Gasteiger partial charge in [0.15, 0.2) is 5.11 Å². The first-order valence-electron chi connectivity index (χ1n) is 4.44. The lowest BCUT2D eigenvalue weighted by molar-refractivity contribution is 0.979. The van der Waals surface area contributed by atoms with Crippen molar-refractivity contribution in [1.82, 2.24) is 5.32 Å². The molecule has 0 unspecified atom stereocenters. The van der Waals surface area contributed by atoms with Gasteiger partial charge in [-0.1, -0.05) is 6.07 Å². The molecule has 0 aliphatic rings. The molecule has 2 nitrogen and oxygen atoms in total. The van der Waals surface area contributed by atoms with Crippen molar-refractivity contribution in [1.29, 1.82) is 0 Å². The second-order valence-electron chi connectivity index (χ2n) is 2.97. The number of hydrogen-bond donors (Lipinski definition) is 2. The van der Waals surface area contributed by atoms with Crippen LogP contribution >= 0.6 is 28.1 Å². The Hall–Kier alpha value is -0.610. The molecular weight excluding hydrogens is 260 g/mol. The molecule has 0 bridgehead atoms. The van der Waals surface area contributed by atoms with Crippen LogP contribution in [-0.2, 0) is 0 Å². The van der Waals surface area contributed by atoms with Gasteiger partial charge in [-0.2, -0.15) is 0 Å². The largest absolute Gasteiger partial charge is 0.363 e. The summed E-state index contributed by atoms with van der Waals surface area (Å²) in [5.41, 5.74) is 2.21. The molecule has 0 heterocycles. The summed E-state index contributed by atoms with van der Waals surface area (Å²) in [6, 6.07) is 6.10. The molecule has 0 aromatic heterocycles. The average molecular weight is 273 g/mol. The Morgan fingerprint density at radius 3 is 2.79 bits per heavy atom. The molecule has 2 N–H and O–H groups in total. The molecule has 1 aromatic carbocycles. The second kappa shape index (κ2) is 5.32. The Kier molecular flexibility index (Phi) is 4.35. The number of anilines is 1. The van der Waals surface area contributed by atoms with Crippen LogP contribution in [0.5, 0.6) is 0 Å². The van der Waals surface area contributed by atoms with Crippen LogP contribution in [0.3, 0.4) is 0 Å². The third-order valence-electron chi connectivity index (χ3n) is 1.71. The molecule has 0 aliphatic carbocycles. The maximum Gasteiger partial charge on any atom is 0.170 e. The zero-order valence-electron chi connectivity index (χ0n) is 8.23. The summed E-state index contributed by atoms with van der Waals surface area (Å²) in [5.74, 6) is 0. The second-order valence-corrected chi connectivity index (χ2v) is 4.23. The van der Waals surface area contributed by atoms with E-state index in [1.165, 1.54) is 5.56 Å². The molecule has 14 heavy (non-hydrogen) atoms. The molecule has 76 valence electrons. The third kappa shape index (κ3) is 3.27. The Morgan fingerprint density at radius 2 is 2.21 bits per heavy atom. The number of halogens is 1. The highest BCUT2D eigenvalue weighted by atomic mass is 79.9. The van der Waals surface area contributed by atoms with Crippen molar-refractivity contribution < 1.29 is 0 Å².